The summed E-state index contributed by atoms with van der Waals surface area (Å²) in [5.74, 6) is -0.869. The van der Waals surface area contributed by atoms with Crippen LogP contribution in [-0.2, 0) is 18.9 Å². The van der Waals surface area contributed by atoms with E-state index in [1.165, 1.54) is 40.6 Å². The monoisotopic (exact) mass is 910 g/mol. The zero-order valence-electron chi connectivity index (χ0n) is 38.0. The van der Waals surface area contributed by atoms with Gasteiger partial charge >= 0.3 is 23.9 Å². The van der Waals surface area contributed by atoms with E-state index in [0.717, 1.165) is 44.8 Å². The van der Waals surface area contributed by atoms with E-state index in [4.69, 9.17) is 28.4 Å². The summed E-state index contributed by atoms with van der Waals surface area (Å²) in [5, 5.41) is 0. The first kappa shape index (κ1) is 45.5. The highest BCUT2D eigenvalue weighted by Gasteiger charge is 2.22. The van der Waals surface area contributed by atoms with Gasteiger partial charge in [0.1, 0.15) is 0 Å². The van der Waals surface area contributed by atoms with Crippen molar-refractivity contribution in [1.82, 2.24) is 0 Å². The molecule has 4 aromatic heterocycles. The Morgan fingerprint density at radius 1 is 0.309 bits per heavy atom. The molecular formula is C54H46N4O10+4. The smallest absolute Gasteiger partial charge is 0.338 e. The maximum atomic E-state index is 12.3. The van der Waals surface area contributed by atoms with Gasteiger partial charge in [0.05, 0.1) is 64.9 Å². The quantitative estimate of drug-likeness (QED) is 0.0678. The molecule has 4 aromatic carbocycles. The van der Waals surface area contributed by atoms with E-state index in [0.29, 0.717) is 22.9 Å². The van der Waals surface area contributed by atoms with Crippen molar-refractivity contribution in [1.29, 1.82) is 0 Å². The highest BCUT2D eigenvalue weighted by Crippen LogP contribution is 2.32. The Hall–Kier alpha value is -9.04. The summed E-state index contributed by atoms with van der Waals surface area (Å²) in [6.07, 6.45) is 15.3. The van der Waals surface area contributed by atoms with Gasteiger partial charge in [-0.25, -0.2) is 19.2 Å². The number of hydrogen-bond acceptors (Lipinski definition) is 10. The van der Waals surface area contributed by atoms with Crippen LogP contribution in [0.3, 0.4) is 0 Å². The minimum Gasteiger partial charge on any atom is -0.490 e. The van der Waals surface area contributed by atoms with Crippen molar-refractivity contribution in [2.45, 2.75) is 0 Å². The van der Waals surface area contributed by atoms with E-state index in [-0.39, 0.29) is 22.3 Å². The molecule has 14 nitrogen and oxygen atoms in total. The van der Waals surface area contributed by atoms with Gasteiger partial charge in [-0.2, -0.15) is 18.3 Å². The molecule has 8 rings (SSSR count). The van der Waals surface area contributed by atoms with Crippen LogP contribution in [0.5, 0.6) is 11.5 Å². The van der Waals surface area contributed by atoms with E-state index in [1.54, 1.807) is 38.5 Å². The SMILES string of the molecule is COC(=O)c1cc(C(=O)OC)cc(-[n+]2ccc(-c3cc[n+](-c4ccc(-c5ccc(-[n+]6ccc(-c7cc[n+](-c8cc(C(=O)OC)cc(C(=O)OC)c8)cc7)cc6)c(OC)c5)cc4OC)cc3)cc2)c1. The first-order valence-corrected chi connectivity index (χ1v) is 21.1. The topological polar surface area (TPSA) is 139 Å². The number of hydrogen-bond donors (Lipinski definition) is 0. The predicted molar refractivity (Wildman–Crippen MR) is 247 cm³/mol. The maximum Gasteiger partial charge on any atom is 0.338 e. The standard InChI is InChI=1S/C54H46N4O10/c1-63-49-33-39(7-9-47(49)57-23-15-37(16-24-57)35-11-19-55(20-12-35)45-29-41(51(59)65-3)27-42(30-45)52(60)66-4)40-8-10-48(50(34-40)64-2)58-25-17-38(18-26-58)36-13-21-56(22-14-36)46-31-43(53(61)67-5)28-44(32-46)54(62)68-6/h7-34H,1-6H3/q+4. The molecular weight excluding hydrogens is 865 g/mol. The first-order valence-electron chi connectivity index (χ1n) is 21.1. The van der Waals surface area contributed by atoms with Gasteiger partial charge in [-0.15, -0.1) is 0 Å². The number of ether oxygens (including phenoxy) is 6. The van der Waals surface area contributed by atoms with E-state index in [9.17, 15) is 19.2 Å². The van der Waals surface area contributed by atoms with Crippen LogP contribution >= 0.6 is 0 Å². The lowest BCUT2D eigenvalue weighted by Gasteiger charge is -2.10. The number of carbonyl (C=O) groups excluding carboxylic acids is 4. The van der Waals surface area contributed by atoms with Crippen LogP contribution in [0, 0.1) is 0 Å². The minimum atomic E-state index is -0.558. The second kappa shape index (κ2) is 20.0. The normalized spacial score (nSPS) is 10.7. The molecule has 0 radical (unpaired) electrons. The fraction of sp³-hybridized carbons (Fsp3) is 0.111. The Bertz CT molecular complexity index is 2910. The zero-order valence-corrected chi connectivity index (χ0v) is 38.0. The molecule has 0 spiro atoms. The summed E-state index contributed by atoms with van der Waals surface area (Å²) in [5.41, 5.74) is 9.63. The van der Waals surface area contributed by atoms with Gasteiger partial charge < -0.3 is 28.4 Å². The predicted octanol–water partition coefficient (Wildman–Crippen LogP) is 6.96. The Labute approximate surface area is 392 Å². The molecule has 4 heterocycles. The zero-order chi connectivity index (χ0) is 47.9. The van der Waals surface area contributed by atoms with Crippen LogP contribution in [0.15, 0.2) is 171 Å². The fourth-order valence-electron chi connectivity index (χ4n) is 7.75. The third kappa shape index (κ3) is 9.51. The highest BCUT2D eigenvalue weighted by atomic mass is 16.5. The van der Waals surface area contributed by atoms with Crippen LogP contribution in [-0.4, -0.2) is 66.5 Å². The summed E-state index contributed by atoms with van der Waals surface area (Å²) < 4.78 is 39.0. The third-order valence-electron chi connectivity index (χ3n) is 11.3. The molecule has 0 saturated heterocycles. The molecule has 0 atom stereocenters. The van der Waals surface area contributed by atoms with Crippen molar-refractivity contribution in [2.24, 2.45) is 0 Å². The Morgan fingerprint density at radius 3 is 0.824 bits per heavy atom. The number of methoxy groups -OCH3 is 6. The molecule has 0 aliphatic rings. The van der Waals surface area contributed by atoms with E-state index in [1.807, 2.05) is 153 Å². The number of pyridine rings is 4. The Morgan fingerprint density at radius 2 is 0.574 bits per heavy atom. The number of aromatic nitrogens is 4. The van der Waals surface area contributed by atoms with Gasteiger partial charge in [0.2, 0.25) is 11.4 Å². The van der Waals surface area contributed by atoms with Crippen molar-refractivity contribution in [3.05, 3.63) is 193 Å². The second-order valence-corrected chi connectivity index (χ2v) is 15.3. The van der Waals surface area contributed by atoms with Crippen molar-refractivity contribution in [3.8, 4) is 67.6 Å². The van der Waals surface area contributed by atoms with E-state index >= 15 is 0 Å². The number of carbonyl (C=O) groups is 4. The van der Waals surface area contributed by atoms with Crippen molar-refractivity contribution in [3.63, 3.8) is 0 Å². The van der Waals surface area contributed by atoms with Crippen LogP contribution in [0.25, 0.3) is 56.1 Å². The van der Waals surface area contributed by atoms with Crippen LogP contribution in [0.1, 0.15) is 41.4 Å². The van der Waals surface area contributed by atoms with Crippen LogP contribution in [0.4, 0.5) is 0 Å². The lowest BCUT2D eigenvalue weighted by atomic mass is 10.0. The molecule has 0 bridgehead atoms. The van der Waals surface area contributed by atoms with Gasteiger partial charge in [0.25, 0.3) is 11.4 Å². The maximum absolute atomic E-state index is 12.3. The molecule has 338 valence electrons. The summed E-state index contributed by atoms with van der Waals surface area (Å²) in [6, 6.07) is 37.5. The van der Waals surface area contributed by atoms with Gasteiger partial charge in [0, 0.05) is 84.9 Å². The molecule has 0 aliphatic carbocycles. The minimum absolute atomic E-state index is 0.235. The largest absolute Gasteiger partial charge is 0.490 e. The van der Waals surface area contributed by atoms with E-state index in [2.05, 4.69) is 0 Å². The molecule has 0 N–H and O–H groups in total. The Balaban J connectivity index is 0.973. The lowest BCUT2D eigenvalue weighted by molar-refractivity contribution is -0.596. The number of esters is 4. The summed E-state index contributed by atoms with van der Waals surface area (Å²) in [7, 11) is 8.46. The number of rotatable bonds is 13. The average molecular weight is 911 g/mol. The molecule has 0 aliphatic heterocycles. The molecule has 68 heavy (non-hydrogen) atoms. The molecule has 8 aromatic rings. The van der Waals surface area contributed by atoms with Crippen molar-refractivity contribution in [2.75, 3.05) is 42.7 Å². The van der Waals surface area contributed by atoms with Crippen LogP contribution in [0.2, 0.25) is 0 Å². The average Bonchev–Trinajstić information content (AvgIpc) is 3.41. The number of benzene rings is 4. The molecule has 0 fully saturated rings. The number of nitrogens with zero attached hydrogens (tertiary/aromatic N) is 4. The van der Waals surface area contributed by atoms with Crippen molar-refractivity contribution >= 4 is 23.9 Å². The fourth-order valence-corrected chi connectivity index (χ4v) is 7.75. The van der Waals surface area contributed by atoms with Gasteiger partial charge in [-0.3, -0.25) is 0 Å². The first-order chi connectivity index (χ1) is 33.0. The summed E-state index contributed by atoms with van der Waals surface area (Å²) >= 11 is 0. The van der Waals surface area contributed by atoms with E-state index < -0.39 is 23.9 Å². The second-order valence-electron chi connectivity index (χ2n) is 15.3. The van der Waals surface area contributed by atoms with Crippen molar-refractivity contribution < 1.29 is 65.9 Å². The summed E-state index contributed by atoms with van der Waals surface area (Å²) in [4.78, 5) is 49.3. The van der Waals surface area contributed by atoms with Gasteiger partial charge in [0.15, 0.2) is 61.1 Å². The van der Waals surface area contributed by atoms with Gasteiger partial charge in [-0.1, -0.05) is 0 Å². The lowest BCUT2D eigenvalue weighted by Crippen LogP contribution is -2.30. The Kier molecular flexibility index (Phi) is 13.4. The van der Waals surface area contributed by atoms with Crippen LogP contribution < -0.4 is 27.7 Å². The van der Waals surface area contributed by atoms with Gasteiger partial charge in [-0.05, 0) is 69.8 Å². The third-order valence-corrected chi connectivity index (χ3v) is 11.3. The molecule has 14 heteroatoms. The molecule has 0 unspecified atom stereocenters. The highest BCUT2D eigenvalue weighted by molar-refractivity contribution is 5.97. The summed E-state index contributed by atoms with van der Waals surface area (Å²) in [6.45, 7) is 0. The molecule has 0 amide bonds. The molecule has 0 saturated carbocycles.